The fourth-order valence-electron chi connectivity index (χ4n) is 4.47. The monoisotopic (exact) mass is 515 g/mol. The maximum absolute atomic E-state index is 13.5. The summed E-state index contributed by atoms with van der Waals surface area (Å²) in [5.74, 6) is 0.681. The number of alkyl halides is 3. The summed E-state index contributed by atoms with van der Waals surface area (Å²) < 4.78 is 54.0. The molecular formula is C27H28F3N3O4. The number of urea groups is 1. The van der Waals surface area contributed by atoms with E-state index in [0.29, 0.717) is 41.3 Å². The predicted molar refractivity (Wildman–Crippen MR) is 135 cm³/mol. The van der Waals surface area contributed by atoms with Crippen LogP contribution in [0.5, 0.6) is 17.2 Å². The van der Waals surface area contributed by atoms with Crippen molar-refractivity contribution in [2.75, 3.05) is 45.1 Å². The molecule has 10 heteroatoms. The zero-order valence-corrected chi connectivity index (χ0v) is 20.9. The number of fused-ring (bicyclic) bond motifs is 1. The summed E-state index contributed by atoms with van der Waals surface area (Å²) in [7, 11) is 6.88. The molecule has 1 heterocycles. The smallest absolute Gasteiger partial charge is 0.497 e. The number of halogens is 3. The first-order valence-electron chi connectivity index (χ1n) is 11.5. The number of rotatable bonds is 6. The normalized spacial score (nSPS) is 15.0. The largest absolute Gasteiger partial charge is 0.573 e. The average Bonchev–Trinajstić information content (AvgIpc) is 2.86. The first-order chi connectivity index (χ1) is 17.6. The minimum absolute atomic E-state index is 0.319. The summed E-state index contributed by atoms with van der Waals surface area (Å²) in [5.41, 5.74) is 3.57. The fraction of sp³-hybridized carbons (Fsp3) is 0.296. The molecule has 0 aliphatic carbocycles. The van der Waals surface area contributed by atoms with E-state index in [9.17, 15) is 18.0 Å². The van der Waals surface area contributed by atoms with Crippen molar-refractivity contribution in [3.05, 3.63) is 77.4 Å². The predicted octanol–water partition coefficient (Wildman–Crippen LogP) is 5.85. The van der Waals surface area contributed by atoms with Gasteiger partial charge in [0.25, 0.3) is 0 Å². The molecule has 3 aromatic rings. The SMILES string of the molecule is COc1cc2c(c(OC)c1)C(c1cccc(OC(F)(F)F)c1)N(C(=O)Nc1ccc(N(C)C)cc1)CC2. The third-order valence-corrected chi connectivity index (χ3v) is 6.17. The van der Waals surface area contributed by atoms with Gasteiger partial charge in [0.1, 0.15) is 17.2 Å². The molecule has 0 spiro atoms. The fourth-order valence-corrected chi connectivity index (χ4v) is 4.47. The molecule has 7 nitrogen and oxygen atoms in total. The van der Waals surface area contributed by atoms with Crippen LogP contribution in [0.25, 0.3) is 0 Å². The van der Waals surface area contributed by atoms with Gasteiger partial charge in [-0.25, -0.2) is 4.79 Å². The van der Waals surface area contributed by atoms with Crippen LogP contribution in [0.3, 0.4) is 0 Å². The van der Waals surface area contributed by atoms with E-state index in [1.54, 1.807) is 36.3 Å². The first-order valence-corrected chi connectivity index (χ1v) is 11.5. The number of benzene rings is 3. The van der Waals surface area contributed by atoms with Gasteiger partial charge in [-0.15, -0.1) is 13.2 Å². The van der Waals surface area contributed by atoms with Crippen molar-refractivity contribution in [2.45, 2.75) is 18.8 Å². The van der Waals surface area contributed by atoms with Gasteiger partial charge in [-0.05, 0) is 60.0 Å². The average molecular weight is 516 g/mol. The van der Waals surface area contributed by atoms with Crippen LogP contribution in [0, 0.1) is 0 Å². The summed E-state index contributed by atoms with van der Waals surface area (Å²) in [5, 5.41) is 2.91. The number of nitrogens with zero attached hydrogens (tertiary/aromatic N) is 2. The Morgan fingerprint density at radius 1 is 1.00 bits per heavy atom. The highest BCUT2D eigenvalue weighted by Gasteiger charge is 2.36. The molecule has 1 aliphatic rings. The molecule has 1 atom stereocenters. The van der Waals surface area contributed by atoms with Crippen LogP contribution in [0.15, 0.2) is 60.7 Å². The molecule has 4 rings (SSSR count). The van der Waals surface area contributed by atoms with Crippen molar-refractivity contribution < 1.29 is 32.2 Å². The number of anilines is 2. The molecule has 196 valence electrons. The van der Waals surface area contributed by atoms with Gasteiger partial charge >= 0.3 is 12.4 Å². The van der Waals surface area contributed by atoms with Gasteiger partial charge in [-0.2, -0.15) is 0 Å². The highest BCUT2D eigenvalue weighted by molar-refractivity contribution is 5.90. The van der Waals surface area contributed by atoms with Crippen molar-refractivity contribution in [1.29, 1.82) is 0 Å². The van der Waals surface area contributed by atoms with Crippen LogP contribution in [0.2, 0.25) is 0 Å². The molecule has 0 bridgehead atoms. The van der Waals surface area contributed by atoms with Gasteiger partial charge < -0.3 is 29.3 Å². The molecule has 0 aromatic heterocycles. The topological polar surface area (TPSA) is 63.3 Å². The number of nitrogens with one attached hydrogen (secondary N) is 1. The Labute approximate surface area is 213 Å². The molecule has 1 N–H and O–H groups in total. The van der Waals surface area contributed by atoms with E-state index in [1.165, 1.54) is 25.3 Å². The number of hydrogen-bond donors (Lipinski definition) is 1. The highest BCUT2D eigenvalue weighted by atomic mass is 19.4. The van der Waals surface area contributed by atoms with E-state index < -0.39 is 18.4 Å². The van der Waals surface area contributed by atoms with Crippen LogP contribution in [0.4, 0.5) is 29.3 Å². The molecule has 0 radical (unpaired) electrons. The van der Waals surface area contributed by atoms with Gasteiger partial charge in [0.15, 0.2) is 0 Å². The van der Waals surface area contributed by atoms with Crippen LogP contribution in [-0.4, -0.2) is 52.2 Å². The molecule has 1 unspecified atom stereocenters. The van der Waals surface area contributed by atoms with Crippen LogP contribution < -0.4 is 24.4 Å². The maximum Gasteiger partial charge on any atom is 0.573 e. The number of amides is 2. The Hall–Kier alpha value is -4.08. The lowest BCUT2D eigenvalue weighted by atomic mass is 9.87. The van der Waals surface area contributed by atoms with E-state index >= 15 is 0 Å². The van der Waals surface area contributed by atoms with Crippen LogP contribution >= 0.6 is 0 Å². The van der Waals surface area contributed by atoms with Crippen molar-refractivity contribution >= 4 is 17.4 Å². The van der Waals surface area contributed by atoms with Crippen LogP contribution in [0.1, 0.15) is 22.7 Å². The number of methoxy groups -OCH3 is 2. The zero-order chi connectivity index (χ0) is 26.7. The maximum atomic E-state index is 13.5. The molecule has 1 aliphatic heterocycles. The van der Waals surface area contributed by atoms with E-state index in [1.807, 2.05) is 37.2 Å². The van der Waals surface area contributed by atoms with Gasteiger partial charge in [-0.3, -0.25) is 0 Å². The highest BCUT2D eigenvalue weighted by Crippen LogP contribution is 2.44. The second-order valence-electron chi connectivity index (χ2n) is 8.74. The molecule has 3 aromatic carbocycles. The number of hydrogen-bond acceptors (Lipinski definition) is 5. The van der Waals surface area contributed by atoms with Gasteiger partial charge in [0.05, 0.1) is 20.3 Å². The third-order valence-electron chi connectivity index (χ3n) is 6.17. The third kappa shape index (κ3) is 5.84. The second kappa shape index (κ2) is 10.5. The molecule has 0 fully saturated rings. The summed E-state index contributed by atoms with van der Waals surface area (Å²) >= 11 is 0. The van der Waals surface area contributed by atoms with E-state index in [4.69, 9.17) is 9.47 Å². The van der Waals surface area contributed by atoms with E-state index in [2.05, 4.69) is 10.1 Å². The standard InChI is InChI=1S/C27H28F3N3O4/c1-32(2)20-10-8-19(9-11-20)31-26(34)33-13-12-17-14-22(35-3)16-23(36-4)24(17)25(33)18-6-5-7-21(15-18)37-27(28,29)30/h5-11,14-16,25H,12-13H2,1-4H3,(H,31,34). The van der Waals surface area contributed by atoms with Gasteiger partial charge in [0, 0.05) is 43.6 Å². The minimum Gasteiger partial charge on any atom is -0.497 e. The number of ether oxygens (including phenoxy) is 3. The summed E-state index contributed by atoms with van der Waals surface area (Å²) in [6, 6.07) is 15.4. The minimum atomic E-state index is -4.84. The molecular weight excluding hydrogens is 487 g/mol. The molecule has 0 saturated carbocycles. The summed E-state index contributed by atoms with van der Waals surface area (Å²) in [6.45, 7) is 0.319. The number of carbonyl (C=O) groups is 1. The van der Waals surface area contributed by atoms with Crippen molar-refractivity contribution in [3.63, 3.8) is 0 Å². The molecule has 2 amide bonds. The summed E-state index contributed by atoms with van der Waals surface area (Å²) in [4.78, 5) is 17.1. The van der Waals surface area contributed by atoms with Gasteiger partial charge in [0.2, 0.25) is 0 Å². The van der Waals surface area contributed by atoms with Crippen molar-refractivity contribution in [1.82, 2.24) is 4.90 Å². The Kier molecular flexibility index (Phi) is 7.37. The Balaban J connectivity index is 1.76. The van der Waals surface area contributed by atoms with Gasteiger partial charge in [-0.1, -0.05) is 12.1 Å². The van der Waals surface area contributed by atoms with Crippen LogP contribution in [-0.2, 0) is 6.42 Å². The second-order valence-corrected chi connectivity index (χ2v) is 8.74. The molecule has 0 saturated heterocycles. The summed E-state index contributed by atoms with van der Waals surface area (Å²) in [6.07, 6.45) is -4.34. The Morgan fingerprint density at radius 3 is 2.35 bits per heavy atom. The first kappa shape index (κ1) is 26.0. The zero-order valence-electron chi connectivity index (χ0n) is 20.9. The quantitative estimate of drug-likeness (QED) is 0.446. The lowest BCUT2D eigenvalue weighted by molar-refractivity contribution is -0.274. The Bertz CT molecular complexity index is 1250. The molecule has 37 heavy (non-hydrogen) atoms. The Morgan fingerprint density at radius 2 is 1.73 bits per heavy atom. The lowest BCUT2D eigenvalue weighted by Crippen LogP contribution is -2.43. The van der Waals surface area contributed by atoms with E-state index in [-0.39, 0.29) is 5.75 Å². The lowest BCUT2D eigenvalue weighted by Gasteiger charge is -2.38. The van der Waals surface area contributed by atoms with Crippen molar-refractivity contribution in [3.8, 4) is 17.2 Å². The number of carbonyl (C=O) groups excluding carboxylic acids is 1. The van der Waals surface area contributed by atoms with E-state index in [0.717, 1.165) is 11.3 Å². The van der Waals surface area contributed by atoms with Crippen molar-refractivity contribution in [2.24, 2.45) is 0 Å².